The normalized spacial score (nSPS) is 26.8. The standard InChI is InChI=1S/C13H19N/c1-9-7-13(11(3)14-8-9)12-6-4-5-10(12)2/h7-8,10,12H,4-6H2,1-3H3/t10-,12?/m1/s1. The Balaban J connectivity index is 2.34. The van der Waals surface area contributed by atoms with Crippen LogP contribution in [0.25, 0.3) is 0 Å². The highest BCUT2D eigenvalue weighted by atomic mass is 14.7. The van der Waals surface area contributed by atoms with E-state index in [0.717, 1.165) is 11.8 Å². The summed E-state index contributed by atoms with van der Waals surface area (Å²) in [6.07, 6.45) is 6.10. The minimum atomic E-state index is 0.766. The lowest BCUT2D eigenvalue weighted by Gasteiger charge is -2.17. The fourth-order valence-corrected chi connectivity index (χ4v) is 2.64. The van der Waals surface area contributed by atoms with Crippen molar-refractivity contribution in [1.82, 2.24) is 4.98 Å². The second-order valence-corrected chi connectivity index (χ2v) is 4.70. The van der Waals surface area contributed by atoms with Gasteiger partial charge in [-0.05, 0) is 43.2 Å². The van der Waals surface area contributed by atoms with Crippen LogP contribution in [0.2, 0.25) is 0 Å². The lowest BCUT2D eigenvalue weighted by molar-refractivity contribution is 0.529. The Kier molecular flexibility index (Phi) is 2.58. The molecule has 2 rings (SSSR count). The van der Waals surface area contributed by atoms with Crippen LogP contribution in [0, 0.1) is 19.8 Å². The Labute approximate surface area is 86.6 Å². The van der Waals surface area contributed by atoms with E-state index in [2.05, 4.69) is 31.8 Å². The van der Waals surface area contributed by atoms with E-state index >= 15 is 0 Å². The molecule has 0 N–H and O–H groups in total. The van der Waals surface area contributed by atoms with Gasteiger partial charge < -0.3 is 0 Å². The zero-order valence-electron chi connectivity index (χ0n) is 9.38. The molecule has 1 fully saturated rings. The van der Waals surface area contributed by atoms with Crippen molar-refractivity contribution in [2.24, 2.45) is 5.92 Å². The fraction of sp³-hybridized carbons (Fsp3) is 0.615. The molecule has 1 aliphatic carbocycles. The lowest BCUT2D eigenvalue weighted by atomic mass is 9.89. The molecule has 76 valence electrons. The molecule has 1 aromatic rings. The molecule has 1 aliphatic rings. The number of hydrogen-bond acceptors (Lipinski definition) is 1. The second-order valence-electron chi connectivity index (χ2n) is 4.70. The van der Waals surface area contributed by atoms with Crippen molar-refractivity contribution < 1.29 is 0 Å². The molecule has 0 spiro atoms. The minimum Gasteiger partial charge on any atom is -0.261 e. The molecule has 0 saturated heterocycles. The van der Waals surface area contributed by atoms with Crippen molar-refractivity contribution in [1.29, 1.82) is 0 Å². The molecule has 0 bridgehead atoms. The van der Waals surface area contributed by atoms with Gasteiger partial charge >= 0.3 is 0 Å². The van der Waals surface area contributed by atoms with Gasteiger partial charge in [-0.2, -0.15) is 0 Å². The maximum atomic E-state index is 4.46. The summed E-state index contributed by atoms with van der Waals surface area (Å²) < 4.78 is 0. The van der Waals surface area contributed by atoms with E-state index in [-0.39, 0.29) is 0 Å². The van der Waals surface area contributed by atoms with E-state index in [9.17, 15) is 0 Å². The monoisotopic (exact) mass is 189 g/mol. The number of nitrogens with zero attached hydrogens (tertiary/aromatic N) is 1. The summed E-state index contributed by atoms with van der Waals surface area (Å²) >= 11 is 0. The van der Waals surface area contributed by atoms with Crippen LogP contribution in [0.4, 0.5) is 0 Å². The summed E-state index contributed by atoms with van der Waals surface area (Å²) in [6.45, 7) is 6.65. The first kappa shape index (κ1) is 9.70. The molecule has 0 radical (unpaired) electrons. The van der Waals surface area contributed by atoms with Crippen LogP contribution >= 0.6 is 0 Å². The Morgan fingerprint density at radius 2 is 2.07 bits per heavy atom. The molecule has 0 aromatic carbocycles. The summed E-state index contributed by atoms with van der Waals surface area (Å²) in [4.78, 5) is 4.46. The van der Waals surface area contributed by atoms with Crippen LogP contribution in [0.5, 0.6) is 0 Å². The van der Waals surface area contributed by atoms with Gasteiger partial charge in [-0.25, -0.2) is 0 Å². The summed E-state index contributed by atoms with van der Waals surface area (Å²) in [5.41, 5.74) is 4.02. The molecular formula is C13H19N. The number of pyridine rings is 1. The Morgan fingerprint density at radius 1 is 1.29 bits per heavy atom. The molecule has 1 unspecified atom stereocenters. The number of rotatable bonds is 1. The van der Waals surface area contributed by atoms with E-state index in [0.29, 0.717) is 0 Å². The molecule has 0 aliphatic heterocycles. The predicted octanol–water partition coefficient (Wildman–Crippen LogP) is 3.60. The topological polar surface area (TPSA) is 12.9 Å². The van der Waals surface area contributed by atoms with Crippen molar-refractivity contribution in [2.75, 3.05) is 0 Å². The molecule has 14 heavy (non-hydrogen) atoms. The smallest absolute Gasteiger partial charge is 0.0407 e. The zero-order valence-corrected chi connectivity index (χ0v) is 9.38. The Morgan fingerprint density at radius 3 is 2.71 bits per heavy atom. The zero-order chi connectivity index (χ0) is 10.1. The van der Waals surface area contributed by atoms with Gasteiger partial charge in [0.1, 0.15) is 0 Å². The Bertz CT molecular complexity index is 330. The largest absolute Gasteiger partial charge is 0.261 e. The van der Waals surface area contributed by atoms with Gasteiger partial charge in [-0.3, -0.25) is 4.98 Å². The molecular weight excluding hydrogens is 170 g/mol. The second kappa shape index (κ2) is 3.72. The summed E-state index contributed by atoms with van der Waals surface area (Å²) in [6, 6.07) is 2.33. The molecule has 1 heterocycles. The first-order valence-corrected chi connectivity index (χ1v) is 5.61. The lowest BCUT2D eigenvalue weighted by Crippen LogP contribution is -2.05. The number of aryl methyl sites for hydroxylation is 2. The van der Waals surface area contributed by atoms with Gasteiger partial charge in [0.05, 0.1) is 0 Å². The first-order chi connectivity index (χ1) is 6.68. The van der Waals surface area contributed by atoms with Crippen LogP contribution in [0.1, 0.15) is 48.9 Å². The maximum Gasteiger partial charge on any atom is 0.0407 e. The molecule has 1 nitrogen and oxygen atoms in total. The van der Waals surface area contributed by atoms with Gasteiger partial charge in [0.25, 0.3) is 0 Å². The van der Waals surface area contributed by atoms with E-state index in [4.69, 9.17) is 0 Å². The van der Waals surface area contributed by atoms with Crippen molar-refractivity contribution in [3.05, 3.63) is 29.1 Å². The highest BCUT2D eigenvalue weighted by Crippen LogP contribution is 2.40. The average Bonchev–Trinajstić information content (AvgIpc) is 2.56. The third-order valence-corrected chi connectivity index (χ3v) is 3.52. The number of aromatic nitrogens is 1. The van der Waals surface area contributed by atoms with Crippen LogP contribution in [-0.4, -0.2) is 4.98 Å². The Hall–Kier alpha value is -0.850. The van der Waals surface area contributed by atoms with Crippen LogP contribution in [-0.2, 0) is 0 Å². The van der Waals surface area contributed by atoms with E-state index < -0.39 is 0 Å². The summed E-state index contributed by atoms with van der Waals surface area (Å²) in [5.74, 6) is 1.61. The van der Waals surface area contributed by atoms with Crippen LogP contribution in [0.3, 0.4) is 0 Å². The third-order valence-electron chi connectivity index (χ3n) is 3.52. The van der Waals surface area contributed by atoms with E-state index in [1.807, 2.05) is 6.20 Å². The van der Waals surface area contributed by atoms with Crippen LogP contribution < -0.4 is 0 Å². The minimum absolute atomic E-state index is 0.766. The summed E-state index contributed by atoms with van der Waals surface area (Å²) in [7, 11) is 0. The molecule has 1 saturated carbocycles. The number of hydrogen-bond donors (Lipinski definition) is 0. The molecule has 2 atom stereocenters. The van der Waals surface area contributed by atoms with E-state index in [1.165, 1.54) is 36.1 Å². The van der Waals surface area contributed by atoms with Crippen molar-refractivity contribution in [3.8, 4) is 0 Å². The predicted molar refractivity (Wildman–Crippen MR) is 59.5 cm³/mol. The van der Waals surface area contributed by atoms with Gasteiger partial charge in [0.2, 0.25) is 0 Å². The quantitative estimate of drug-likeness (QED) is 0.657. The summed E-state index contributed by atoms with van der Waals surface area (Å²) in [5, 5.41) is 0. The van der Waals surface area contributed by atoms with Gasteiger partial charge in [0.15, 0.2) is 0 Å². The van der Waals surface area contributed by atoms with Crippen molar-refractivity contribution >= 4 is 0 Å². The molecule has 1 aromatic heterocycles. The SMILES string of the molecule is Cc1cnc(C)c(C2CCC[C@H]2C)c1. The van der Waals surface area contributed by atoms with E-state index in [1.54, 1.807) is 0 Å². The van der Waals surface area contributed by atoms with Gasteiger partial charge in [-0.15, -0.1) is 0 Å². The average molecular weight is 189 g/mol. The molecule has 1 heteroatoms. The third kappa shape index (κ3) is 1.68. The van der Waals surface area contributed by atoms with Crippen LogP contribution in [0.15, 0.2) is 12.3 Å². The highest BCUT2D eigenvalue weighted by molar-refractivity contribution is 5.28. The fourth-order valence-electron chi connectivity index (χ4n) is 2.64. The first-order valence-electron chi connectivity index (χ1n) is 5.61. The van der Waals surface area contributed by atoms with Gasteiger partial charge in [-0.1, -0.05) is 25.8 Å². The highest BCUT2D eigenvalue weighted by Gasteiger charge is 2.26. The van der Waals surface area contributed by atoms with Crippen molar-refractivity contribution in [3.63, 3.8) is 0 Å². The van der Waals surface area contributed by atoms with Gasteiger partial charge in [0, 0.05) is 11.9 Å². The molecule has 0 amide bonds. The van der Waals surface area contributed by atoms with Crippen molar-refractivity contribution in [2.45, 2.75) is 46.0 Å². The maximum absolute atomic E-state index is 4.46.